The SMILES string of the molecule is CCCCNC(=O)C1=CI=NC=C1. The van der Waals surface area contributed by atoms with E-state index in [4.69, 9.17) is 0 Å². The van der Waals surface area contributed by atoms with Crippen molar-refractivity contribution in [1.29, 1.82) is 0 Å². The summed E-state index contributed by atoms with van der Waals surface area (Å²) in [5.41, 5.74) is 0.777. The molecule has 0 spiro atoms. The van der Waals surface area contributed by atoms with Crippen molar-refractivity contribution >= 4 is 26.9 Å². The van der Waals surface area contributed by atoms with Gasteiger partial charge < -0.3 is 5.32 Å². The molecule has 0 saturated carbocycles. The van der Waals surface area contributed by atoms with Gasteiger partial charge in [0.05, 0.1) is 0 Å². The average molecular weight is 292 g/mol. The van der Waals surface area contributed by atoms with E-state index in [0.29, 0.717) is 0 Å². The highest BCUT2D eigenvalue weighted by Gasteiger charge is 2.05. The third-order valence-corrected chi connectivity index (χ3v) is 3.20. The van der Waals surface area contributed by atoms with Gasteiger partial charge in [0.2, 0.25) is 0 Å². The normalized spacial score (nSPS) is 14.7. The molecule has 0 atom stereocenters. The number of nitrogens with one attached hydrogen (secondary N) is 1. The van der Waals surface area contributed by atoms with Gasteiger partial charge in [-0.1, -0.05) is 13.3 Å². The Labute approximate surface area is 88.4 Å². The fourth-order valence-electron chi connectivity index (χ4n) is 0.864. The lowest BCUT2D eigenvalue weighted by Gasteiger charge is -2.04. The van der Waals surface area contributed by atoms with Crippen LogP contribution in [0.25, 0.3) is 0 Å². The van der Waals surface area contributed by atoms with Crippen molar-refractivity contribution in [1.82, 2.24) is 5.32 Å². The van der Waals surface area contributed by atoms with Crippen LogP contribution in [-0.2, 0) is 4.79 Å². The second kappa shape index (κ2) is 6.01. The van der Waals surface area contributed by atoms with Gasteiger partial charge in [-0.25, -0.2) is 3.15 Å². The quantitative estimate of drug-likeness (QED) is 0.627. The summed E-state index contributed by atoms with van der Waals surface area (Å²) in [7, 11) is 0. The van der Waals surface area contributed by atoms with E-state index in [2.05, 4.69) is 15.4 Å². The standard InChI is InChI=1S/C9H13IN2O/c1-2-3-5-11-9(13)8-4-6-12-10-7-8/h4,6-7H,2-3,5H2,1H3,(H,11,13). The fraction of sp³-hybridized carbons (Fsp3) is 0.444. The minimum atomic E-state index is -0.263. The van der Waals surface area contributed by atoms with Gasteiger partial charge in [0, 0.05) is 43.4 Å². The van der Waals surface area contributed by atoms with E-state index >= 15 is 0 Å². The summed E-state index contributed by atoms with van der Waals surface area (Å²) in [4.78, 5) is 11.4. The molecule has 0 unspecified atom stereocenters. The average Bonchev–Trinajstić information content (AvgIpc) is 2.19. The van der Waals surface area contributed by atoms with Crippen LogP contribution in [0.1, 0.15) is 19.8 Å². The van der Waals surface area contributed by atoms with E-state index in [1.165, 1.54) is 0 Å². The van der Waals surface area contributed by atoms with Gasteiger partial charge >= 0.3 is 0 Å². The molecule has 1 heterocycles. The van der Waals surface area contributed by atoms with E-state index < -0.39 is 0 Å². The van der Waals surface area contributed by atoms with Crippen molar-refractivity contribution in [3.63, 3.8) is 0 Å². The monoisotopic (exact) mass is 292 g/mol. The molecular weight excluding hydrogens is 279 g/mol. The molecule has 0 aliphatic carbocycles. The third-order valence-electron chi connectivity index (χ3n) is 1.61. The smallest absolute Gasteiger partial charge is 0.251 e. The zero-order chi connectivity index (χ0) is 9.52. The number of carbonyl (C=O) groups is 1. The van der Waals surface area contributed by atoms with Gasteiger partial charge in [0.1, 0.15) is 0 Å². The maximum atomic E-state index is 11.4. The topological polar surface area (TPSA) is 41.5 Å². The number of amides is 1. The molecule has 1 N–H and O–H groups in total. The van der Waals surface area contributed by atoms with Crippen LogP contribution >= 0.6 is 21.0 Å². The van der Waals surface area contributed by atoms with Crippen molar-refractivity contribution in [3.05, 3.63) is 21.9 Å². The van der Waals surface area contributed by atoms with Gasteiger partial charge in [-0.15, -0.1) is 0 Å². The van der Waals surface area contributed by atoms with Crippen LogP contribution in [0.3, 0.4) is 0 Å². The number of hydrogen-bond donors (Lipinski definition) is 1. The maximum Gasteiger partial charge on any atom is 0.251 e. The van der Waals surface area contributed by atoms with Crippen molar-refractivity contribution in [3.8, 4) is 0 Å². The summed E-state index contributed by atoms with van der Waals surface area (Å²) in [5.74, 6) is 0.0410. The summed E-state index contributed by atoms with van der Waals surface area (Å²) in [6.07, 6.45) is 5.64. The highest BCUT2D eigenvalue weighted by molar-refractivity contribution is 14.2. The molecule has 13 heavy (non-hydrogen) atoms. The van der Waals surface area contributed by atoms with Crippen LogP contribution in [0.5, 0.6) is 0 Å². The van der Waals surface area contributed by atoms with E-state index in [9.17, 15) is 4.79 Å². The molecule has 0 saturated heterocycles. The minimum Gasteiger partial charge on any atom is -0.352 e. The summed E-state index contributed by atoms with van der Waals surface area (Å²) >= 11 is -0.263. The molecule has 0 aromatic heterocycles. The molecule has 0 radical (unpaired) electrons. The first kappa shape index (κ1) is 10.6. The van der Waals surface area contributed by atoms with Crippen LogP contribution in [0.4, 0.5) is 0 Å². The summed E-state index contributed by atoms with van der Waals surface area (Å²) in [6.45, 7) is 2.88. The van der Waals surface area contributed by atoms with Crippen molar-refractivity contribution in [2.75, 3.05) is 6.54 Å². The largest absolute Gasteiger partial charge is 0.352 e. The first-order valence-electron chi connectivity index (χ1n) is 4.32. The summed E-state index contributed by atoms with van der Waals surface area (Å²) in [6, 6.07) is 0. The van der Waals surface area contributed by atoms with Crippen molar-refractivity contribution in [2.45, 2.75) is 19.8 Å². The van der Waals surface area contributed by atoms with E-state index in [-0.39, 0.29) is 26.9 Å². The van der Waals surface area contributed by atoms with Gasteiger partial charge in [0.25, 0.3) is 5.91 Å². The number of rotatable bonds is 4. The molecule has 1 rings (SSSR count). The molecule has 0 aromatic carbocycles. The van der Waals surface area contributed by atoms with Crippen LogP contribution in [0, 0.1) is 0 Å². The Kier molecular flexibility index (Phi) is 4.88. The van der Waals surface area contributed by atoms with Gasteiger partial charge in [0.15, 0.2) is 0 Å². The molecule has 0 bridgehead atoms. The van der Waals surface area contributed by atoms with Crippen LogP contribution in [0.15, 0.2) is 25.1 Å². The van der Waals surface area contributed by atoms with Gasteiger partial charge in [-0.2, -0.15) is 0 Å². The zero-order valence-electron chi connectivity index (χ0n) is 7.59. The Morgan fingerprint density at radius 3 is 3.15 bits per heavy atom. The van der Waals surface area contributed by atoms with E-state index in [0.717, 1.165) is 25.0 Å². The Morgan fingerprint density at radius 2 is 2.54 bits per heavy atom. The number of unbranched alkanes of at least 4 members (excludes halogenated alkanes) is 1. The number of nitrogens with zero attached hydrogens (tertiary/aromatic N) is 1. The second-order valence-electron chi connectivity index (χ2n) is 2.68. The molecule has 1 aliphatic heterocycles. The lowest BCUT2D eigenvalue weighted by Crippen LogP contribution is -2.25. The molecule has 3 nitrogen and oxygen atoms in total. The number of carbonyl (C=O) groups excluding carboxylic acids is 1. The molecule has 1 amide bonds. The third kappa shape index (κ3) is 3.80. The lowest BCUT2D eigenvalue weighted by molar-refractivity contribution is -0.117. The molecule has 72 valence electrons. The van der Waals surface area contributed by atoms with Gasteiger partial charge in [-0.3, -0.25) is 4.79 Å². The Bertz CT molecular complexity index is 269. The van der Waals surface area contributed by atoms with Crippen molar-refractivity contribution < 1.29 is 4.79 Å². The molecule has 1 aliphatic rings. The number of halogens is 1. The van der Waals surface area contributed by atoms with Crippen LogP contribution in [-0.4, -0.2) is 12.5 Å². The predicted molar refractivity (Wildman–Crippen MR) is 61.6 cm³/mol. The lowest BCUT2D eigenvalue weighted by atomic mass is 10.2. The Hall–Kier alpha value is -0.520. The molecule has 0 fully saturated rings. The van der Waals surface area contributed by atoms with Gasteiger partial charge in [-0.05, 0) is 12.5 Å². The maximum absolute atomic E-state index is 11.4. The van der Waals surface area contributed by atoms with Crippen molar-refractivity contribution in [2.24, 2.45) is 3.15 Å². The number of hydrogen-bond acceptors (Lipinski definition) is 2. The molecule has 0 aromatic rings. The highest BCUT2D eigenvalue weighted by atomic mass is 127. The fourth-order valence-corrected chi connectivity index (χ4v) is 2.16. The first-order chi connectivity index (χ1) is 6.34. The van der Waals surface area contributed by atoms with Crippen LogP contribution < -0.4 is 5.32 Å². The summed E-state index contributed by atoms with van der Waals surface area (Å²) < 4.78 is 6.02. The van der Waals surface area contributed by atoms with Crippen LogP contribution in [0.2, 0.25) is 0 Å². The van der Waals surface area contributed by atoms with E-state index in [1.807, 2.05) is 4.08 Å². The minimum absolute atomic E-state index is 0.0410. The second-order valence-corrected chi connectivity index (χ2v) is 4.42. The Balaban J connectivity index is 2.35. The predicted octanol–water partition coefficient (Wildman–Crippen LogP) is 2.47. The highest BCUT2D eigenvalue weighted by Crippen LogP contribution is 2.14. The Morgan fingerprint density at radius 1 is 1.69 bits per heavy atom. The first-order valence-corrected chi connectivity index (χ1v) is 6.53. The summed E-state index contributed by atoms with van der Waals surface area (Å²) in [5, 5.41) is 2.87. The molecular formula is C9H13IN2O. The molecule has 4 heteroatoms. The zero-order valence-corrected chi connectivity index (χ0v) is 9.74. The van der Waals surface area contributed by atoms with E-state index in [1.54, 1.807) is 12.3 Å².